The van der Waals surface area contributed by atoms with Gasteiger partial charge in [0.1, 0.15) is 17.7 Å². The first-order valence-electron chi connectivity index (χ1n) is 4.51. The van der Waals surface area contributed by atoms with Crippen LogP contribution in [0.3, 0.4) is 0 Å². The van der Waals surface area contributed by atoms with Crippen LogP contribution >= 0.6 is 0 Å². The van der Waals surface area contributed by atoms with Crippen LogP contribution in [-0.2, 0) is 9.53 Å². The molecular weight excluding hydrogens is 196 g/mol. The number of hydrogen-bond acceptors (Lipinski definition) is 6. The fraction of sp³-hybridized carbons (Fsp3) is 0.444. The zero-order chi connectivity index (χ0) is 11.3. The van der Waals surface area contributed by atoms with E-state index in [1.807, 2.05) is 0 Å². The number of rotatable bonds is 4. The average Bonchev–Trinajstić information content (AvgIpc) is 2.28. The number of anilines is 2. The molecule has 6 heteroatoms. The first-order valence-corrected chi connectivity index (χ1v) is 4.51. The van der Waals surface area contributed by atoms with E-state index in [9.17, 15) is 4.79 Å². The summed E-state index contributed by atoms with van der Waals surface area (Å²) in [5.41, 5.74) is 0. The number of aromatic nitrogens is 2. The smallest absolute Gasteiger partial charge is 0.328 e. The molecule has 0 saturated carbocycles. The van der Waals surface area contributed by atoms with Crippen LogP contribution < -0.4 is 10.6 Å². The second-order valence-corrected chi connectivity index (χ2v) is 2.93. The highest BCUT2D eigenvalue weighted by molar-refractivity contribution is 5.78. The molecule has 0 spiro atoms. The van der Waals surface area contributed by atoms with Crippen LogP contribution in [0.2, 0.25) is 0 Å². The predicted molar refractivity (Wildman–Crippen MR) is 56.7 cm³/mol. The zero-order valence-electron chi connectivity index (χ0n) is 8.94. The van der Waals surface area contributed by atoms with E-state index in [4.69, 9.17) is 0 Å². The SMILES string of the molecule is CNc1cncc(NC(C)C(=O)OC)n1. The molecule has 1 heterocycles. The van der Waals surface area contributed by atoms with E-state index in [-0.39, 0.29) is 5.97 Å². The van der Waals surface area contributed by atoms with Gasteiger partial charge in [-0.15, -0.1) is 0 Å². The Kier molecular flexibility index (Phi) is 3.84. The van der Waals surface area contributed by atoms with Crippen molar-refractivity contribution in [3.8, 4) is 0 Å². The highest BCUT2D eigenvalue weighted by Gasteiger charge is 2.13. The maximum absolute atomic E-state index is 11.1. The molecule has 1 unspecified atom stereocenters. The number of esters is 1. The van der Waals surface area contributed by atoms with Crippen molar-refractivity contribution in [2.24, 2.45) is 0 Å². The number of nitrogens with zero attached hydrogens (tertiary/aromatic N) is 2. The zero-order valence-corrected chi connectivity index (χ0v) is 8.94. The second-order valence-electron chi connectivity index (χ2n) is 2.93. The minimum Gasteiger partial charge on any atom is -0.467 e. The lowest BCUT2D eigenvalue weighted by atomic mass is 10.3. The van der Waals surface area contributed by atoms with Gasteiger partial charge in [-0.1, -0.05) is 0 Å². The average molecular weight is 210 g/mol. The Morgan fingerprint density at radius 2 is 2.13 bits per heavy atom. The normalized spacial score (nSPS) is 11.7. The summed E-state index contributed by atoms with van der Waals surface area (Å²) < 4.78 is 4.58. The van der Waals surface area contributed by atoms with Crippen molar-refractivity contribution in [1.82, 2.24) is 9.97 Å². The van der Waals surface area contributed by atoms with Gasteiger partial charge in [0, 0.05) is 7.05 Å². The number of carbonyl (C=O) groups excluding carboxylic acids is 1. The molecule has 0 bridgehead atoms. The third kappa shape index (κ3) is 3.08. The van der Waals surface area contributed by atoms with Gasteiger partial charge in [0.05, 0.1) is 19.5 Å². The van der Waals surface area contributed by atoms with Crippen LogP contribution in [-0.4, -0.2) is 36.1 Å². The summed E-state index contributed by atoms with van der Waals surface area (Å²) in [7, 11) is 3.09. The Morgan fingerprint density at radius 1 is 1.47 bits per heavy atom. The summed E-state index contributed by atoms with van der Waals surface area (Å²) in [6, 6.07) is -0.448. The molecule has 1 aromatic rings. The molecule has 1 atom stereocenters. The van der Waals surface area contributed by atoms with E-state index in [1.54, 1.807) is 26.4 Å². The molecule has 2 N–H and O–H groups in total. The Bertz CT molecular complexity index is 343. The number of nitrogens with one attached hydrogen (secondary N) is 2. The summed E-state index contributed by atoms with van der Waals surface area (Å²) >= 11 is 0. The summed E-state index contributed by atoms with van der Waals surface area (Å²) in [5, 5.41) is 5.73. The molecule has 82 valence electrons. The molecule has 0 saturated heterocycles. The minimum absolute atomic E-state index is 0.341. The van der Waals surface area contributed by atoms with Gasteiger partial charge in [0.25, 0.3) is 0 Å². The summed E-state index contributed by atoms with van der Waals surface area (Å²) in [5.74, 6) is 0.823. The molecule has 0 aliphatic heterocycles. The summed E-state index contributed by atoms with van der Waals surface area (Å²) in [6.45, 7) is 1.69. The largest absolute Gasteiger partial charge is 0.467 e. The Hall–Kier alpha value is -1.85. The van der Waals surface area contributed by atoms with E-state index < -0.39 is 6.04 Å². The number of hydrogen-bond donors (Lipinski definition) is 2. The lowest BCUT2D eigenvalue weighted by Gasteiger charge is -2.12. The summed E-state index contributed by atoms with van der Waals surface area (Å²) in [4.78, 5) is 19.2. The molecule has 1 rings (SSSR count). The van der Waals surface area contributed by atoms with Gasteiger partial charge in [-0.05, 0) is 6.92 Å². The van der Waals surface area contributed by atoms with E-state index in [0.29, 0.717) is 11.6 Å². The molecular formula is C9H14N4O2. The number of ether oxygens (including phenoxy) is 1. The Morgan fingerprint density at radius 3 is 2.73 bits per heavy atom. The monoisotopic (exact) mass is 210 g/mol. The van der Waals surface area contributed by atoms with Crippen LogP contribution in [0.15, 0.2) is 12.4 Å². The quantitative estimate of drug-likeness (QED) is 0.704. The van der Waals surface area contributed by atoms with Gasteiger partial charge in [-0.2, -0.15) is 0 Å². The van der Waals surface area contributed by atoms with Crippen molar-refractivity contribution < 1.29 is 9.53 Å². The second kappa shape index (κ2) is 5.14. The first-order chi connectivity index (χ1) is 7.17. The highest BCUT2D eigenvalue weighted by atomic mass is 16.5. The Balaban J connectivity index is 2.67. The van der Waals surface area contributed by atoms with Crippen LogP contribution in [0.1, 0.15) is 6.92 Å². The molecule has 15 heavy (non-hydrogen) atoms. The summed E-state index contributed by atoms with van der Waals surface area (Å²) in [6.07, 6.45) is 3.13. The van der Waals surface area contributed by atoms with Crippen LogP contribution in [0.25, 0.3) is 0 Å². The van der Waals surface area contributed by atoms with Gasteiger partial charge in [0.15, 0.2) is 0 Å². The number of methoxy groups -OCH3 is 1. The molecule has 0 aliphatic carbocycles. The van der Waals surface area contributed by atoms with E-state index in [0.717, 1.165) is 0 Å². The van der Waals surface area contributed by atoms with Crippen molar-refractivity contribution >= 4 is 17.6 Å². The van der Waals surface area contributed by atoms with Crippen molar-refractivity contribution in [1.29, 1.82) is 0 Å². The van der Waals surface area contributed by atoms with Crippen LogP contribution in [0, 0.1) is 0 Å². The maximum Gasteiger partial charge on any atom is 0.328 e. The van der Waals surface area contributed by atoms with Gasteiger partial charge in [-0.25, -0.2) is 9.78 Å². The molecule has 1 aromatic heterocycles. The molecule has 6 nitrogen and oxygen atoms in total. The maximum atomic E-state index is 11.1. The first kappa shape index (κ1) is 11.2. The predicted octanol–water partition coefficient (Wildman–Crippen LogP) is 0.492. The van der Waals surface area contributed by atoms with E-state index in [2.05, 4.69) is 25.3 Å². The third-order valence-electron chi connectivity index (χ3n) is 1.81. The highest BCUT2D eigenvalue weighted by Crippen LogP contribution is 2.07. The lowest BCUT2D eigenvalue weighted by molar-refractivity contribution is -0.141. The fourth-order valence-corrected chi connectivity index (χ4v) is 1.01. The third-order valence-corrected chi connectivity index (χ3v) is 1.81. The van der Waals surface area contributed by atoms with Gasteiger partial charge < -0.3 is 15.4 Å². The molecule has 0 amide bonds. The molecule has 0 aromatic carbocycles. The van der Waals surface area contributed by atoms with Crippen molar-refractivity contribution in [3.05, 3.63) is 12.4 Å². The Labute approximate surface area is 88.1 Å². The van der Waals surface area contributed by atoms with Crippen LogP contribution in [0.5, 0.6) is 0 Å². The standard InChI is InChI=1S/C9H14N4O2/c1-6(9(14)15-3)12-8-5-11-4-7(10-2)13-8/h4-6H,1-3H3,(H2,10,12,13). The van der Waals surface area contributed by atoms with Gasteiger partial charge >= 0.3 is 5.97 Å². The number of carbonyl (C=O) groups is 1. The minimum atomic E-state index is -0.448. The van der Waals surface area contributed by atoms with Crippen LogP contribution in [0.4, 0.5) is 11.6 Å². The van der Waals surface area contributed by atoms with Gasteiger partial charge in [-0.3, -0.25) is 4.98 Å². The van der Waals surface area contributed by atoms with Crippen molar-refractivity contribution in [3.63, 3.8) is 0 Å². The molecule has 0 fully saturated rings. The molecule has 0 radical (unpaired) electrons. The van der Waals surface area contributed by atoms with E-state index >= 15 is 0 Å². The fourth-order valence-electron chi connectivity index (χ4n) is 1.01. The lowest BCUT2D eigenvalue weighted by Crippen LogP contribution is -2.27. The van der Waals surface area contributed by atoms with E-state index in [1.165, 1.54) is 7.11 Å². The van der Waals surface area contributed by atoms with Gasteiger partial charge in [0.2, 0.25) is 0 Å². The molecule has 0 aliphatic rings. The topological polar surface area (TPSA) is 76.1 Å². The van der Waals surface area contributed by atoms with Crippen molar-refractivity contribution in [2.45, 2.75) is 13.0 Å². The van der Waals surface area contributed by atoms with Crippen molar-refractivity contribution in [2.75, 3.05) is 24.8 Å².